The average Bonchev–Trinajstić information content (AvgIpc) is 2.44. The fraction of sp³-hybridized carbons (Fsp3) is 1.00. The third-order valence-electron chi connectivity index (χ3n) is 4.34. The molecule has 0 radical (unpaired) electrons. The fourth-order valence-corrected chi connectivity index (χ4v) is 3.18. The summed E-state index contributed by atoms with van der Waals surface area (Å²) in [5, 5.41) is 14.3. The van der Waals surface area contributed by atoms with Gasteiger partial charge in [-0.3, -0.25) is 0 Å². The Labute approximate surface area is 93.5 Å². The fourth-order valence-electron chi connectivity index (χ4n) is 3.18. The molecule has 1 saturated heterocycles. The Kier molecular flexibility index (Phi) is 3.68. The van der Waals surface area contributed by atoms with E-state index < -0.39 is 5.60 Å². The van der Waals surface area contributed by atoms with Crippen molar-refractivity contribution >= 4 is 0 Å². The van der Waals surface area contributed by atoms with Crippen LogP contribution in [0.15, 0.2) is 0 Å². The van der Waals surface area contributed by atoms with Crippen molar-refractivity contribution in [2.75, 3.05) is 6.54 Å². The summed E-state index contributed by atoms with van der Waals surface area (Å²) in [7, 11) is 0. The molecule has 2 rings (SSSR count). The summed E-state index contributed by atoms with van der Waals surface area (Å²) < 4.78 is 0. The molecule has 0 aromatic heterocycles. The highest BCUT2D eigenvalue weighted by Gasteiger charge is 2.38. The zero-order valence-electron chi connectivity index (χ0n) is 9.97. The van der Waals surface area contributed by atoms with Crippen LogP contribution in [0.1, 0.15) is 58.3 Å². The van der Waals surface area contributed by atoms with Crippen molar-refractivity contribution in [1.29, 1.82) is 0 Å². The summed E-state index contributed by atoms with van der Waals surface area (Å²) in [4.78, 5) is 0. The van der Waals surface area contributed by atoms with Crippen LogP contribution < -0.4 is 5.32 Å². The molecule has 0 amide bonds. The third-order valence-corrected chi connectivity index (χ3v) is 4.34. The number of piperidine rings is 1. The highest BCUT2D eigenvalue weighted by atomic mass is 16.3. The topological polar surface area (TPSA) is 32.3 Å². The number of hydrogen-bond acceptors (Lipinski definition) is 2. The number of nitrogens with one attached hydrogen (secondary N) is 1. The first-order valence-electron chi connectivity index (χ1n) is 6.66. The van der Waals surface area contributed by atoms with Gasteiger partial charge in [0.1, 0.15) is 0 Å². The normalized spacial score (nSPS) is 43.6. The first kappa shape index (κ1) is 11.4. The van der Waals surface area contributed by atoms with Gasteiger partial charge in [-0.2, -0.15) is 0 Å². The van der Waals surface area contributed by atoms with Crippen LogP contribution in [-0.2, 0) is 0 Å². The molecule has 15 heavy (non-hydrogen) atoms. The van der Waals surface area contributed by atoms with E-state index in [0.717, 1.165) is 25.3 Å². The Bertz CT molecular complexity index is 201. The molecule has 2 nitrogen and oxygen atoms in total. The van der Waals surface area contributed by atoms with Crippen molar-refractivity contribution in [3.8, 4) is 0 Å². The maximum absolute atomic E-state index is 10.7. The van der Waals surface area contributed by atoms with Crippen molar-refractivity contribution in [2.24, 2.45) is 5.92 Å². The molecular weight excluding hydrogens is 186 g/mol. The van der Waals surface area contributed by atoms with Gasteiger partial charge < -0.3 is 10.4 Å². The molecule has 2 fully saturated rings. The molecule has 0 bridgehead atoms. The largest absolute Gasteiger partial charge is 0.388 e. The van der Waals surface area contributed by atoms with E-state index in [9.17, 15) is 5.11 Å². The molecule has 2 aliphatic rings. The lowest BCUT2D eigenvalue weighted by Gasteiger charge is -2.38. The van der Waals surface area contributed by atoms with E-state index in [1.54, 1.807) is 0 Å². The van der Waals surface area contributed by atoms with Crippen LogP contribution in [0.5, 0.6) is 0 Å². The highest BCUT2D eigenvalue weighted by molar-refractivity contribution is 4.94. The molecule has 3 unspecified atom stereocenters. The smallest absolute Gasteiger partial charge is 0.0800 e. The zero-order valence-corrected chi connectivity index (χ0v) is 9.97. The summed E-state index contributed by atoms with van der Waals surface area (Å²) in [6, 6.07) is 0.372. The van der Waals surface area contributed by atoms with Crippen molar-refractivity contribution in [2.45, 2.75) is 69.9 Å². The summed E-state index contributed by atoms with van der Waals surface area (Å²) in [6.07, 6.45) is 9.46. The highest BCUT2D eigenvalue weighted by Crippen LogP contribution is 2.34. The quantitative estimate of drug-likeness (QED) is 0.653. The van der Waals surface area contributed by atoms with E-state index >= 15 is 0 Å². The zero-order chi connectivity index (χ0) is 10.7. The maximum Gasteiger partial charge on any atom is 0.0800 e. The molecule has 1 aliphatic carbocycles. The Morgan fingerprint density at radius 2 is 1.93 bits per heavy atom. The van der Waals surface area contributed by atoms with Crippen molar-refractivity contribution < 1.29 is 5.11 Å². The second-order valence-corrected chi connectivity index (χ2v) is 5.64. The summed E-state index contributed by atoms with van der Waals surface area (Å²) in [5.74, 6) is 0.808. The van der Waals surface area contributed by atoms with Crippen LogP contribution in [-0.4, -0.2) is 23.3 Å². The molecule has 1 aliphatic heterocycles. The van der Waals surface area contributed by atoms with E-state index in [-0.39, 0.29) is 0 Å². The first-order chi connectivity index (χ1) is 7.21. The molecule has 0 aromatic carbocycles. The van der Waals surface area contributed by atoms with Gasteiger partial charge in [0.2, 0.25) is 0 Å². The first-order valence-corrected chi connectivity index (χ1v) is 6.66. The Morgan fingerprint density at radius 3 is 2.67 bits per heavy atom. The molecule has 0 spiro atoms. The van der Waals surface area contributed by atoms with E-state index in [1.165, 1.54) is 38.5 Å². The lowest BCUT2D eigenvalue weighted by atomic mass is 9.82. The number of hydrogen-bond donors (Lipinski definition) is 2. The van der Waals surface area contributed by atoms with Gasteiger partial charge in [-0.25, -0.2) is 0 Å². The number of rotatable bonds is 1. The van der Waals surface area contributed by atoms with Gasteiger partial charge in [-0.15, -0.1) is 0 Å². The van der Waals surface area contributed by atoms with Crippen LogP contribution in [0.3, 0.4) is 0 Å². The Morgan fingerprint density at radius 1 is 1.07 bits per heavy atom. The van der Waals surface area contributed by atoms with Gasteiger partial charge >= 0.3 is 0 Å². The van der Waals surface area contributed by atoms with Gasteiger partial charge in [0.15, 0.2) is 0 Å². The van der Waals surface area contributed by atoms with Crippen molar-refractivity contribution in [1.82, 2.24) is 5.32 Å². The maximum atomic E-state index is 10.7. The monoisotopic (exact) mass is 211 g/mol. The molecule has 1 heterocycles. The Balaban J connectivity index is 1.97. The average molecular weight is 211 g/mol. The predicted molar refractivity (Wildman–Crippen MR) is 62.8 cm³/mol. The SMILES string of the molecule is CC1CCCC(O)(C2CCCCN2)CC1. The van der Waals surface area contributed by atoms with Gasteiger partial charge in [0.25, 0.3) is 0 Å². The molecule has 0 aromatic rings. The van der Waals surface area contributed by atoms with E-state index in [1.807, 2.05) is 0 Å². The van der Waals surface area contributed by atoms with Gasteiger partial charge in [0.05, 0.1) is 5.60 Å². The molecular formula is C13H25NO. The van der Waals surface area contributed by atoms with Crippen molar-refractivity contribution in [3.63, 3.8) is 0 Å². The van der Waals surface area contributed by atoms with Crippen LogP contribution in [0.4, 0.5) is 0 Å². The van der Waals surface area contributed by atoms with Crippen LogP contribution in [0.25, 0.3) is 0 Å². The molecule has 88 valence electrons. The van der Waals surface area contributed by atoms with Crippen LogP contribution >= 0.6 is 0 Å². The summed E-state index contributed by atoms with van der Waals surface area (Å²) >= 11 is 0. The Hall–Kier alpha value is -0.0800. The molecule has 2 N–H and O–H groups in total. The minimum Gasteiger partial charge on any atom is -0.388 e. The second kappa shape index (κ2) is 4.84. The summed E-state index contributed by atoms with van der Waals surface area (Å²) in [5.41, 5.74) is -0.398. The lowest BCUT2D eigenvalue weighted by Crippen LogP contribution is -2.52. The van der Waals surface area contributed by atoms with Crippen molar-refractivity contribution in [3.05, 3.63) is 0 Å². The van der Waals surface area contributed by atoms with Gasteiger partial charge in [-0.1, -0.05) is 26.2 Å². The third kappa shape index (κ3) is 2.73. The van der Waals surface area contributed by atoms with Gasteiger partial charge in [0, 0.05) is 6.04 Å². The minimum absolute atomic E-state index is 0.372. The number of aliphatic hydroxyl groups is 1. The lowest BCUT2D eigenvalue weighted by molar-refractivity contribution is -0.0209. The molecule has 1 saturated carbocycles. The van der Waals surface area contributed by atoms with Gasteiger partial charge in [-0.05, 0) is 44.6 Å². The molecule has 3 atom stereocenters. The molecule has 2 heteroatoms. The standard InChI is InChI=1S/C13H25NO/c1-11-5-4-8-13(15,9-7-11)12-6-2-3-10-14-12/h11-12,14-15H,2-10H2,1H3. The second-order valence-electron chi connectivity index (χ2n) is 5.64. The predicted octanol–water partition coefficient (Wildman–Crippen LogP) is 2.46. The van der Waals surface area contributed by atoms with E-state index in [0.29, 0.717) is 6.04 Å². The van der Waals surface area contributed by atoms with E-state index in [4.69, 9.17) is 0 Å². The van der Waals surface area contributed by atoms with E-state index in [2.05, 4.69) is 12.2 Å². The summed E-state index contributed by atoms with van der Waals surface area (Å²) in [6.45, 7) is 3.42. The van der Waals surface area contributed by atoms with Crippen LogP contribution in [0.2, 0.25) is 0 Å². The minimum atomic E-state index is -0.398. The van der Waals surface area contributed by atoms with Crippen LogP contribution in [0, 0.1) is 5.92 Å².